The first-order valence-corrected chi connectivity index (χ1v) is 5.53. The number of rotatable bonds is 9. The Morgan fingerprint density at radius 1 is 1.15 bits per heavy atom. The molecule has 0 aliphatic carbocycles. The largest absolute Gasteiger partial charge is 0.394 e. The first-order chi connectivity index (χ1) is 6.35. The molecule has 80 valence electrons. The summed E-state index contributed by atoms with van der Waals surface area (Å²) < 4.78 is 5.21. The lowest BCUT2D eigenvalue weighted by atomic mass is 9.96. The molecule has 0 heterocycles. The molecule has 0 aromatic heterocycles. The molecule has 0 saturated carbocycles. The van der Waals surface area contributed by atoms with Crippen molar-refractivity contribution in [3.05, 3.63) is 0 Å². The zero-order valence-electron chi connectivity index (χ0n) is 9.09. The average molecular weight is 188 g/mol. The standard InChI is InChI=1S/C11H24O2/c1-3-6-11(4-2)7-5-9-13-10-8-12/h11-12H,3-10H2,1-2H3. The second-order valence-electron chi connectivity index (χ2n) is 3.54. The molecular formula is C11H24O2. The molecule has 13 heavy (non-hydrogen) atoms. The van der Waals surface area contributed by atoms with Gasteiger partial charge in [-0.15, -0.1) is 0 Å². The van der Waals surface area contributed by atoms with E-state index in [1.807, 2.05) is 0 Å². The van der Waals surface area contributed by atoms with Crippen molar-refractivity contribution in [1.29, 1.82) is 0 Å². The Balaban J connectivity index is 3.17. The van der Waals surface area contributed by atoms with Crippen LogP contribution in [0.15, 0.2) is 0 Å². The first kappa shape index (κ1) is 12.9. The maximum Gasteiger partial charge on any atom is 0.0697 e. The molecule has 0 aliphatic rings. The van der Waals surface area contributed by atoms with Crippen molar-refractivity contribution in [3.8, 4) is 0 Å². The molecule has 1 unspecified atom stereocenters. The Hall–Kier alpha value is -0.0800. The highest BCUT2D eigenvalue weighted by Crippen LogP contribution is 2.16. The number of aliphatic hydroxyl groups is 1. The molecule has 1 N–H and O–H groups in total. The molecule has 0 aliphatic heterocycles. The van der Waals surface area contributed by atoms with Crippen LogP contribution in [0.2, 0.25) is 0 Å². The van der Waals surface area contributed by atoms with Crippen molar-refractivity contribution in [2.75, 3.05) is 19.8 Å². The Morgan fingerprint density at radius 2 is 1.92 bits per heavy atom. The van der Waals surface area contributed by atoms with Crippen LogP contribution in [-0.2, 0) is 4.74 Å². The molecule has 0 spiro atoms. The van der Waals surface area contributed by atoms with Crippen LogP contribution in [0, 0.1) is 5.92 Å². The molecule has 0 bridgehead atoms. The molecule has 2 nitrogen and oxygen atoms in total. The van der Waals surface area contributed by atoms with Gasteiger partial charge < -0.3 is 9.84 Å². The minimum absolute atomic E-state index is 0.145. The zero-order chi connectivity index (χ0) is 9.94. The van der Waals surface area contributed by atoms with Gasteiger partial charge in [0.1, 0.15) is 0 Å². The molecule has 0 radical (unpaired) electrons. The van der Waals surface area contributed by atoms with E-state index in [-0.39, 0.29) is 6.61 Å². The first-order valence-electron chi connectivity index (χ1n) is 5.53. The summed E-state index contributed by atoms with van der Waals surface area (Å²) in [6.45, 7) is 5.94. The normalized spacial score (nSPS) is 13.2. The quantitative estimate of drug-likeness (QED) is 0.564. The number of hydrogen-bond acceptors (Lipinski definition) is 2. The van der Waals surface area contributed by atoms with Crippen molar-refractivity contribution in [1.82, 2.24) is 0 Å². The Bertz CT molecular complexity index is 94.1. The van der Waals surface area contributed by atoms with E-state index in [1.54, 1.807) is 0 Å². The van der Waals surface area contributed by atoms with Crippen LogP contribution < -0.4 is 0 Å². The summed E-state index contributed by atoms with van der Waals surface area (Å²) in [6.07, 6.45) is 6.33. The van der Waals surface area contributed by atoms with Crippen LogP contribution in [0.25, 0.3) is 0 Å². The summed E-state index contributed by atoms with van der Waals surface area (Å²) in [5.74, 6) is 0.878. The minimum atomic E-state index is 0.145. The topological polar surface area (TPSA) is 29.5 Å². The van der Waals surface area contributed by atoms with Gasteiger partial charge in [-0.3, -0.25) is 0 Å². The van der Waals surface area contributed by atoms with Gasteiger partial charge in [0, 0.05) is 6.61 Å². The van der Waals surface area contributed by atoms with E-state index in [4.69, 9.17) is 9.84 Å². The monoisotopic (exact) mass is 188 g/mol. The molecule has 0 fully saturated rings. The molecule has 0 amide bonds. The van der Waals surface area contributed by atoms with Gasteiger partial charge in [0.25, 0.3) is 0 Å². The fourth-order valence-corrected chi connectivity index (χ4v) is 1.60. The summed E-state index contributed by atoms with van der Waals surface area (Å²) in [7, 11) is 0. The van der Waals surface area contributed by atoms with Gasteiger partial charge in [-0.1, -0.05) is 33.1 Å². The highest BCUT2D eigenvalue weighted by Gasteiger charge is 2.03. The van der Waals surface area contributed by atoms with Crippen LogP contribution in [0.4, 0.5) is 0 Å². The minimum Gasteiger partial charge on any atom is -0.394 e. The molecule has 0 aromatic carbocycles. The van der Waals surface area contributed by atoms with E-state index in [0.29, 0.717) is 6.61 Å². The van der Waals surface area contributed by atoms with Crippen molar-refractivity contribution >= 4 is 0 Å². The summed E-state index contributed by atoms with van der Waals surface area (Å²) in [6, 6.07) is 0. The fourth-order valence-electron chi connectivity index (χ4n) is 1.60. The van der Waals surface area contributed by atoms with Crippen molar-refractivity contribution in [3.63, 3.8) is 0 Å². The van der Waals surface area contributed by atoms with Gasteiger partial charge in [0.15, 0.2) is 0 Å². The smallest absolute Gasteiger partial charge is 0.0697 e. The Morgan fingerprint density at radius 3 is 2.46 bits per heavy atom. The molecule has 1 atom stereocenters. The highest BCUT2D eigenvalue weighted by atomic mass is 16.5. The lowest BCUT2D eigenvalue weighted by Crippen LogP contribution is -2.04. The predicted molar refractivity (Wildman–Crippen MR) is 55.8 cm³/mol. The third-order valence-corrected chi connectivity index (χ3v) is 2.41. The molecule has 2 heteroatoms. The van der Waals surface area contributed by atoms with Gasteiger partial charge in [0.2, 0.25) is 0 Å². The van der Waals surface area contributed by atoms with Crippen molar-refractivity contribution < 1.29 is 9.84 Å². The van der Waals surface area contributed by atoms with Crippen LogP contribution in [-0.4, -0.2) is 24.9 Å². The van der Waals surface area contributed by atoms with Crippen LogP contribution in [0.1, 0.15) is 46.0 Å². The van der Waals surface area contributed by atoms with E-state index in [2.05, 4.69) is 13.8 Å². The maximum atomic E-state index is 8.48. The van der Waals surface area contributed by atoms with E-state index < -0.39 is 0 Å². The van der Waals surface area contributed by atoms with Gasteiger partial charge in [0.05, 0.1) is 13.2 Å². The lowest BCUT2D eigenvalue weighted by Gasteiger charge is -2.12. The van der Waals surface area contributed by atoms with Gasteiger partial charge in [-0.2, -0.15) is 0 Å². The summed E-state index contributed by atoms with van der Waals surface area (Å²) in [4.78, 5) is 0. The van der Waals surface area contributed by atoms with Crippen LogP contribution in [0.3, 0.4) is 0 Å². The number of aliphatic hydroxyl groups excluding tert-OH is 1. The van der Waals surface area contributed by atoms with Gasteiger partial charge >= 0.3 is 0 Å². The van der Waals surface area contributed by atoms with E-state index >= 15 is 0 Å². The zero-order valence-corrected chi connectivity index (χ0v) is 9.09. The fraction of sp³-hybridized carbons (Fsp3) is 1.00. The van der Waals surface area contributed by atoms with Crippen molar-refractivity contribution in [2.45, 2.75) is 46.0 Å². The second-order valence-corrected chi connectivity index (χ2v) is 3.54. The average Bonchev–Trinajstić information content (AvgIpc) is 2.16. The predicted octanol–water partition coefficient (Wildman–Crippen LogP) is 2.60. The summed E-state index contributed by atoms with van der Waals surface area (Å²) >= 11 is 0. The Labute approximate surface area is 82.3 Å². The summed E-state index contributed by atoms with van der Waals surface area (Å²) in [5.41, 5.74) is 0. The van der Waals surface area contributed by atoms with Gasteiger partial charge in [-0.05, 0) is 18.8 Å². The lowest BCUT2D eigenvalue weighted by molar-refractivity contribution is 0.0873. The van der Waals surface area contributed by atoms with E-state index in [0.717, 1.165) is 18.9 Å². The highest BCUT2D eigenvalue weighted by molar-refractivity contribution is 4.56. The SMILES string of the molecule is CCCC(CC)CCCOCCO. The molecule has 0 rings (SSSR count). The van der Waals surface area contributed by atoms with Gasteiger partial charge in [-0.25, -0.2) is 0 Å². The van der Waals surface area contributed by atoms with E-state index in [9.17, 15) is 0 Å². The summed E-state index contributed by atoms with van der Waals surface area (Å²) in [5, 5.41) is 8.48. The van der Waals surface area contributed by atoms with Crippen molar-refractivity contribution in [2.24, 2.45) is 5.92 Å². The van der Waals surface area contributed by atoms with E-state index in [1.165, 1.54) is 25.7 Å². The molecule has 0 saturated heterocycles. The Kier molecular flexibility index (Phi) is 9.94. The van der Waals surface area contributed by atoms with Crippen LogP contribution in [0.5, 0.6) is 0 Å². The third-order valence-electron chi connectivity index (χ3n) is 2.41. The third kappa shape index (κ3) is 8.26. The molecular weight excluding hydrogens is 164 g/mol. The number of hydrogen-bond donors (Lipinski definition) is 1. The second kappa shape index (κ2) is 10.0. The number of ether oxygens (including phenoxy) is 1. The van der Waals surface area contributed by atoms with Crippen LogP contribution >= 0.6 is 0 Å². The maximum absolute atomic E-state index is 8.48. The molecule has 0 aromatic rings.